The number of methoxy groups -OCH3 is 2. The van der Waals surface area contributed by atoms with Gasteiger partial charge in [-0.2, -0.15) is 0 Å². The van der Waals surface area contributed by atoms with Gasteiger partial charge in [-0.25, -0.2) is 9.59 Å². The molecule has 1 aliphatic heterocycles. The van der Waals surface area contributed by atoms with Crippen LogP contribution in [-0.4, -0.2) is 42.3 Å². The van der Waals surface area contributed by atoms with Crippen LogP contribution in [0.2, 0.25) is 0 Å². The summed E-state index contributed by atoms with van der Waals surface area (Å²) < 4.78 is 9.19. The first-order valence-electron chi connectivity index (χ1n) is 5.83. The number of carbonyl (C=O) groups excluding carboxylic acids is 2. The van der Waals surface area contributed by atoms with E-state index in [0.717, 1.165) is 4.90 Å². The first-order chi connectivity index (χ1) is 9.25. The fourth-order valence-electron chi connectivity index (χ4n) is 1.83. The van der Waals surface area contributed by atoms with Crippen molar-refractivity contribution in [3.8, 4) is 0 Å². The molecule has 0 radical (unpaired) electrons. The fraction of sp³-hybridized carbons (Fsp3) is 0.462. The summed E-state index contributed by atoms with van der Waals surface area (Å²) in [6.07, 6.45) is 3.38. The van der Waals surface area contributed by atoms with E-state index in [1.807, 2.05) is 0 Å². The van der Waals surface area contributed by atoms with E-state index in [4.69, 9.17) is 0 Å². The molecule has 0 saturated heterocycles. The number of carbonyl (C=O) groups is 3. The van der Waals surface area contributed by atoms with Gasteiger partial charge in [-0.15, -0.1) is 0 Å². The number of ether oxygens (including phenoxy) is 2. The zero-order valence-electron chi connectivity index (χ0n) is 11.7. The van der Waals surface area contributed by atoms with E-state index in [-0.39, 0.29) is 5.57 Å². The van der Waals surface area contributed by atoms with Crippen LogP contribution in [0.15, 0.2) is 24.0 Å². The van der Waals surface area contributed by atoms with Crippen LogP contribution < -0.4 is 0 Å². The third-order valence-electron chi connectivity index (χ3n) is 3.19. The molecule has 0 aromatic heterocycles. The second-order valence-electron chi connectivity index (χ2n) is 4.80. The third-order valence-corrected chi connectivity index (χ3v) is 3.19. The number of hydrogen-bond donors (Lipinski definition) is 1. The standard InChI is InChI=1S/C13H17NO6/c1-13(2,11(16)17)9-5-6-14(12(18)20-4)7-8(9)10(15)19-3/h5-7,9H,1-4H3,(H,16,17). The second kappa shape index (κ2) is 5.77. The van der Waals surface area contributed by atoms with Gasteiger partial charge in [0.1, 0.15) is 0 Å². The number of carboxylic acids is 1. The zero-order chi connectivity index (χ0) is 15.5. The van der Waals surface area contributed by atoms with Crippen LogP contribution in [0.3, 0.4) is 0 Å². The SMILES string of the molecule is COC(=O)C1=CN(C(=O)OC)C=CC1C(C)(C)C(=O)O. The Kier molecular flexibility index (Phi) is 4.54. The van der Waals surface area contributed by atoms with E-state index in [1.54, 1.807) is 0 Å². The Morgan fingerprint density at radius 3 is 2.30 bits per heavy atom. The van der Waals surface area contributed by atoms with Crippen LogP contribution in [0.5, 0.6) is 0 Å². The number of amides is 1. The van der Waals surface area contributed by atoms with E-state index in [0.29, 0.717) is 0 Å². The molecule has 0 fully saturated rings. The van der Waals surface area contributed by atoms with Crippen molar-refractivity contribution in [3.63, 3.8) is 0 Å². The third kappa shape index (κ3) is 2.81. The number of carboxylic acid groups (broad SMARTS) is 1. The Hall–Kier alpha value is -2.31. The maximum absolute atomic E-state index is 11.8. The van der Waals surface area contributed by atoms with Gasteiger partial charge in [0.25, 0.3) is 0 Å². The van der Waals surface area contributed by atoms with Crippen molar-refractivity contribution in [2.24, 2.45) is 11.3 Å². The van der Waals surface area contributed by atoms with E-state index < -0.39 is 29.4 Å². The van der Waals surface area contributed by atoms with Gasteiger partial charge in [-0.1, -0.05) is 6.08 Å². The van der Waals surface area contributed by atoms with E-state index in [2.05, 4.69) is 9.47 Å². The topological polar surface area (TPSA) is 93.1 Å². The Morgan fingerprint density at radius 2 is 1.85 bits per heavy atom. The number of nitrogens with zero attached hydrogens (tertiary/aromatic N) is 1. The zero-order valence-corrected chi connectivity index (χ0v) is 11.7. The molecule has 0 bridgehead atoms. The quantitative estimate of drug-likeness (QED) is 0.786. The van der Waals surface area contributed by atoms with Crippen LogP contribution in [0.4, 0.5) is 4.79 Å². The first-order valence-corrected chi connectivity index (χ1v) is 5.83. The van der Waals surface area contributed by atoms with Gasteiger partial charge in [0, 0.05) is 18.3 Å². The summed E-state index contributed by atoms with van der Waals surface area (Å²) in [7, 11) is 2.39. The lowest BCUT2D eigenvalue weighted by Crippen LogP contribution is -2.38. The summed E-state index contributed by atoms with van der Waals surface area (Å²) in [5.41, 5.74) is -1.15. The molecule has 0 aromatic rings. The van der Waals surface area contributed by atoms with Crippen molar-refractivity contribution in [1.29, 1.82) is 0 Å². The Balaban J connectivity index is 3.22. The molecule has 7 heteroatoms. The highest BCUT2D eigenvalue weighted by atomic mass is 16.5. The van der Waals surface area contributed by atoms with Crippen molar-refractivity contribution >= 4 is 18.0 Å². The molecule has 0 spiro atoms. The monoisotopic (exact) mass is 283 g/mol. The van der Waals surface area contributed by atoms with Crippen molar-refractivity contribution in [3.05, 3.63) is 24.0 Å². The second-order valence-corrected chi connectivity index (χ2v) is 4.80. The van der Waals surface area contributed by atoms with E-state index >= 15 is 0 Å². The molecular formula is C13H17NO6. The van der Waals surface area contributed by atoms with E-state index in [9.17, 15) is 19.5 Å². The van der Waals surface area contributed by atoms with Crippen LogP contribution in [-0.2, 0) is 19.1 Å². The van der Waals surface area contributed by atoms with Crippen molar-refractivity contribution in [2.45, 2.75) is 13.8 Å². The first kappa shape index (κ1) is 15.7. The molecule has 0 aliphatic carbocycles. The highest BCUT2D eigenvalue weighted by molar-refractivity contribution is 5.92. The van der Waals surface area contributed by atoms with Crippen LogP contribution in [0.1, 0.15) is 13.8 Å². The van der Waals surface area contributed by atoms with Gasteiger partial charge in [0.15, 0.2) is 0 Å². The molecule has 0 aromatic carbocycles. The molecule has 110 valence electrons. The highest BCUT2D eigenvalue weighted by Gasteiger charge is 2.42. The van der Waals surface area contributed by atoms with Crippen LogP contribution >= 0.6 is 0 Å². The number of aliphatic carboxylic acids is 1. The lowest BCUT2D eigenvalue weighted by atomic mass is 9.74. The molecular weight excluding hydrogens is 266 g/mol. The smallest absolute Gasteiger partial charge is 0.417 e. The van der Waals surface area contributed by atoms with Crippen molar-refractivity contribution in [2.75, 3.05) is 14.2 Å². The fourth-order valence-corrected chi connectivity index (χ4v) is 1.83. The van der Waals surface area contributed by atoms with Gasteiger partial charge in [-0.05, 0) is 13.8 Å². The minimum absolute atomic E-state index is 0.0767. The summed E-state index contributed by atoms with van der Waals surface area (Å²) in [6, 6.07) is 0. The minimum Gasteiger partial charge on any atom is -0.481 e. The molecule has 1 amide bonds. The summed E-state index contributed by atoms with van der Waals surface area (Å²) in [6.45, 7) is 2.99. The summed E-state index contributed by atoms with van der Waals surface area (Å²) in [5.74, 6) is -2.47. The minimum atomic E-state index is -1.22. The van der Waals surface area contributed by atoms with Crippen molar-refractivity contribution < 1.29 is 29.0 Å². The average molecular weight is 283 g/mol. The van der Waals surface area contributed by atoms with Crippen LogP contribution in [0.25, 0.3) is 0 Å². The van der Waals surface area contributed by atoms with Gasteiger partial charge < -0.3 is 14.6 Å². The number of rotatable bonds is 3. The highest BCUT2D eigenvalue weighted by Crippen LogP contribution is 2.37. The lowest BCUT2D eigenvalue weighted by molar-refractivity contribution is -0.149. The normalized spacial score (nSPS) is 18.3. The number of allylic oxidation sites excluding steroid dienone is 1. The average Bonchev–Trinajstić information content (AvgIpc) is 2.44. The predicted octanol–water partition coefficient (Wildman–Crippen LogP) is 1.37. The molecule has 0 saturated carbocycles. The molecule has 7 nitrogen and oxygen atoms in total. The summed E-state index contributed by atoms with van der Waals surface area (Å²) in [5, 5.41) is 9.27. The van der Waals surface area contributed by atoms with Crippen molar-refractivity contribution in [1.82, 2.24) is 4.90 Å². The Labute approximate surface area is 116 Å². The summed E-state index contributed by atoms with van der Waals surface area (Å²) in [4.78, 5) is 35.6. The Bertz CT molecular complexity index is 491. The van der Waals surface area contributed by atoms with Gasteiger partial charge in [0.2, 0.25) is 0 Å². The molecule has 1 atom stereocenters. The maximum atomic E-state index is 11.8. The number of esters is 1. The molecule has 1 unspecified atom stereocenters. The molecule has 1 rings (SSSR count). The molecule has 1 heterocycles. The number of hydrogen-bond acceptors (Lipinski definition) is 5. The summed E-state index contributed by atoms with van der Waals surface area (Å²) >= 11 is 0. The predicted molar refractivity (Wildman–Crippen MR) is 68.4 cm³/mol. The van der Waals surface area contributed by atoms with E-state index in [1.165, 1.54) is 46.5 Å². The van der Waals surface area contributed by atoms with Gasteiger partial charge >= 0.3 is 18.0 Å². The van der Waals surface area contributed by atoms with Crippen LogP contribution in [0, 0.1) is 11.3 Å². The molecule has 1 aliphatic rings. The largest absolute Gasteiger partial charge is 0.481 e. The molecule has 20 heavy (non-hydrogen) atoms. The van der Waals surface area contributed by atoms with Gasteiger partial charge in [0.05, 0.1) is 25.2 Å². The molecule has 1 N–H and O–H groups in total. The Morgan fingerprint density at radius 1 is 1.25 bits per heavy atom. The van der Waals surface area contributed by atoms with Gasteiger partial charge in [-0.3, -0.25) is 9.69 Å². The maximum Gasteiger partial charge on any atom is 0.417 e. The lowest BCUT2D eigenvalue weighted by Gasteiger charge is -2.32.